The third-order valence-electron chi connectivity index (χ3n) is 3.00. The lowest BCUT2D eigenvalue weighted by molar-refractivity contribution is -0.143. The number of hydrogen-bond acceptors (Lipinski definition) is 3. The molecule has 134 valence electrons. The van der Waals surface area contributed by atoms with Gasteiger partial charge in [0.2, 0.25) is 0 Å². The van der Waals surface area contributed by atoms with E-state index >= 15 is 0 Å². The molecule has 2 aromatic rings. The van der Waals surface area contributed by atoms with Gasteiger partial charge in [0.25, 0.3) is 0 Å². The summed E-state index contributed by atoms with van der Waals surface area (Å²) in [6, 6.07) is 2.22. The second kappa shape index (κ2) is 6.61. The summed E-state index contributed by atoms with van der Waals surface area (Å²) in [7, 11) is 0. The minimum Gasteiger partial charge on any atom is -0.480 e. The van der Waals surface area contributed by atoms with Gasteiger partial charge in [-0.1, -0.05) is 0 Å². The molecule has 0 unspecified atom stereocenters. The smallest absolute Gasteiger partial charge is 0.416 e. The first-order chi connectivity index (χ1) is 11.5. The molecule has 0 saturated heterocycles. The van der Waals surface area contributed by atoms with E-state index in [4.69, 9.17) is 9.84 Å². The number of pyridine rings is 1. The van der Waals surface area contributed by atoms with Gasteiger partial charge in [0.05, 0.1) is 17.3 Å². The SMILES string of the molecule is O=C(O)COc1cncc(-c2cc(C(F)(F)F)cc(C(F)(F)F)c2)c1. The molecule has 0 spiro atoms. The lowest BCUT2D eigenvalue weighted by Crippen LogP contribution is -2.11. The fourth-order valence-corrected chi connectivity index (χ4v) is 1.92. The number of halogens is 6. The number of carbonyl (C=O) groups is 1. The van der Waals surface area contributed by atoms with Crippen LogP contribution in [0.15, 0.2) is 36.7 Å². The van der Waals surface area contributed by atoms with Crippen LogP contribution in [-0.2, 0) is 17.1 Å². The summed E-state index contributed by atoms with van der Waals surface area (Å²) in [5, 5.41) is 8.52. The molecule has 2 rings (SSSR count). The number of aromatic nitrogens is 1. The van der Waals surface area contributed by atoms with Gasteiger partial charge in [-0.3, -0.25) is 4.98 Å². The highest BCUT2D eigenvalue weighted by Crippen LogP contribution is 2.38. The molecule has 0 bridgehead atoms. The molecular weight excluding hydrogens is 356 g/mol. The predicted octanol–water partition coefficient (Wildman–Crippen LogP) is 4.25. The Labute approximate surface area is 136 Å². The van der Waals surface area contributed by atoms with Crippen molar-refractivity contribution in [3.05, 3.63) is 47.8 Å². The predicted molar refractivity (Wildman–Crippen MR) is 72.8 cm³/mol. The van der Waals surface area contributed by atoms with Gasteiger partial charge in [0.1, 0.15) is 5.75 Å². The summed E-state index contributed by atoms with van der Waals surface area (Å²) in [4.78, 5) is 14.1. The zero-order valence-electron chi connectivity index (χ0n) is 12.1. The van der Waals surface area contributed by atoms with Gasteiger partial charge in [0, 0.05) is 11.8 Å². The number of ether oxygens (including phenoxy) is 1. The molecule has 0 aliphatic carbocycles. The molecule has 0 aliphatic rings. The fourth-order valence-electron chi connectivity index (χ4n) is 1.92. The van der Waals surface area contributed by atoms with E-state index in [0.29, 0.717) is 12.1 Å². The lowest BCUT2D eigenvalue weighted by Gasteiger charge is -2.14. The minimum absolute atomic E-state index is 0.0156. The van der Waals surface area contributed by atoms with Crippen LogP contribution in [0.1, 0.15) is 11.1 Å². The Kier molecular flexibility index (Phi) is 4.91. The van der Waals surface area contributed by atoms with E-state index in [1.807, 2.05) is 0 Å². The average molecular weight is 365 g/mol. The van der Waals surface area contributed by atoms with E-state index in [9.17, 15) is 31.1 Å². The van der Waals surface area contributed by atoms with E-state index < -0.39 is 36.1 Å². The quantitative estimate of drug-likeness (QED) is 0.823. The molecule has 0 aliphatic heterocycles. The van der Waals surface area contributed by atoms with Crippen LogP contribution in [0.2, 0.25) is 0 Å². The van der Waals surface area contributed by atoms with Crippen molar-refractivity contribution in [3.8, 4) is 16.9 Å². The first-order valence-corrected chi connectivity index (χ1v) is 6.56. The molecule has 0 radical (unpaired) electrons. The van der Waals surface area contributed by atoms with Crippen molar-refractivity contribution in [2.24, 2.45) is 0 Å². The molecule has 10 heteroatoms. The van der Waals surface area contributed by atoms with Crippen LogP contribution in [0.25, 0.3) is 11.1 Å². The van der Waals surface area contributed by atoms with E-state index in [2.05, 4.69) is 4.98 Å². The van der Waals surface area contributed by atoms with Gasteiger partial charge in [0.15, 0.2) is 6.61 Å². The number of nitrogens with zero attached hydrogens (tertiary/aromatic N) is 1. The van der Waals surface area contributed by atoms with Gasteiger partial charge < -0.3 is 9.84 Å². The van der Waals surface area contributed by atoms with E-state index in [0.717, 1.165) is 18.5 Å². The number of aliphatic carboxylic acids is 1. The standard InChI is InChI=1S/C15H9F6NO3/c16-14(17,18)10-1-8(2-11(4-10)15(19,20)21)9-3-12(6-22-5-9)25-7-13(23)24/h1-6H,7H2,(H,23,24). The van der Waals surface area contributed by atoms with Crippen LogP contribution >= 0.6 is 0 Å². The third kappa shape index (κ3) is 4.85. The van der Waals surface area contributed by atoms with Crippen LogP contribution in [0.5, 0.6) is 5.75 Å². The van der Waals surface area contributed by atoms with Crippen molar-refractivity contribution >= 4 is 5.97 Å². The molecule has 0 fully saturated rings. The molecule has 1 heterocycles. The Morgan fingerprint density at radius 1 is 0.920 bits per heavy atom. The molecule has 1 aromatic carbocycles. The monoisotopic (exact) mass is 365 g/mol. The number of benzene rings is 1. The number of carboxylic acid groups (broad SMARTS) is 1. The summed E-state index contributed by atoms with van der Waals surface area (Å²) in [5.41, 5.74) is -3.39. The number of carboxylic acids is 1. The average Bonchev–Trinajstić information content (AvgIpc) is 2.51. The lowest BCUT2D eigenvalue weighted by atomic mass is 10.00. The van der Waals surface area contributed by atoms with Crippen LogP contribution in [-0.4, -0.2) is 22.7 Å². The number of alkyl halides is 6. The van der Waals surface area contributed by atoms with Crippen LogP contribution in [0.4, 0.5) is 26.3 Å². The summed E-state index contributed by atoms with van der Waals surface area (Å²) in [5.74, 6) is -1.41. The maximum Gasteiger partial charge on any atom is 0.416 e. The maximum absolute atomic E-state index is 12.9. The first kappa shape index (κ1) is 18.6. The fraction of sp³-hybridized carbons (Fsp3) is 0.200. The Hall–Kier alpha value is -2.78. The van der Waals surface area contributed by atoms with E-state index in [1.165, 1.54) is 0 Å². The van der Waals surface area contributed by atoms with Gasteiger partial charge in [-0.25, -0.2) is 4.79 Å². The van der Waals surface area contributed by atoms with Crippen molar-refractivity contribution in [1.82, 2.24) is 4.98 Å². The molecular formula is C15H9F6NO3. The normalized spacial score (nSPS) is 12.1. The van der Waals surface area contributed by atoms with Crippen molar-refractivity contribution in [3.63, 3.8) is 0 Å². The molecule has 0 amide bonds. The molecule has 1 N–H and O–H groups in total. The van der Waals surface area contributed by atoms with Gasteiger partial charge in [-0.15, -0.1) is 0 Å². The highest BCUT2D eigenvalue weighted by Gasteiger charge is 2.37. The molecule has 25 heavy (non-hydrogen) atoms. The van der Waals surface area contributed by atoms with Crippen LogP contribution in [0, 0.1) is 0 Å². The summed E-state index contributed by atoms with van der Waals surface area (Å²) in [6.07, 6.45) is -7.81. The molecule has 1 aromatic heterocycles. The Balaban J connectivity index is 2.51. The zero-order valence-corrected chi connectivity index (χ0v) is 12.1. The Morgan fingerprint density at radius 3 is 1.96 bits per heavy atom. The van der Waals surface area contributed by atoms with Crippen molar-refractivity contribution in [2.45, 2.75) is 12.4 Å². The van der Waals surface area contributed by atoms with Crippen LogP contribution in [0.3, 0.4) is 0 Å². The van der Waals surface area contributed by atoms with Gasteiger partial charge >= 0.3 is 18.3 Å². The molecule has 4 nitrogen and oxygen atoms in total. The van der Waals surface area contributed by atoms with Crippen molar-refractivity contribution in [2.75, 3.05) is 6.61 Å². The van der Waals surface area contributed by atoms with Crippen molar-refractivity contribution < 1.29 is 41.0 Å². The number of rotatable bonds is 4. The van der Waals surface area contributed by atoms with Gasteiger partial charge in [-0.05, 0) is 29.8 Å². The Morgan fingerprint density at radius 2 is 1.48 bits per heavy atom. The first-order valence-electron chi connectivity index (χ1n) is 6.56. The van der Waals surface area contributed by atoms with Gasteiger partial charge in [-0.2, -0.15) is 26.3 Å². The zero-order chi connectivity index (χ0) is 18.8. The highest BCUT2D eigenvalue weighted by molar-refractivity contribution is 5.69. The second-order valence-corrected chi connectivity index (χ2v) is 4.89. The van der Waals surface area contributed by atoms with Crippen LogP contribution < -0.4 is 4.74 Å². The topological polar surface area (TPSA) is 59.4 Å². The minimum atomic E-state index is -4.97. The summed E-state index contributed by atoms with van der Waals surface area (Å²) in [6.45, 7) is -0.735. The van der Waals surface area contributed by atoms with Crippen molar-refractivity contribution in [1.29, 1.82) is 0 Å². The summed E-state index contributed by atoms with van der Waals surface area (Å²) >= 11 is 0. The third-order valence-corrected chi connectivity index (χ3v) is 3.00. The second-order valence-electron chi connectivity index (χ2n) is 4.89. The Bertz CT molecular complexity index is 753. The van der Waals surface area contributed by atoms with E-state index in [-0.39, 0.29) is 22.9 Å². The number of hydrogen-bond donors (Lipinski definition) is 1. The summed E-state index contributed by atoms with van der Waals surface area (Å²) < 4.78 is 82.0. The largest absolute Gasteiger partial charge is 0.480 e. The highest BCUT2D eigenvalue weighted by atomic mass is 19.4. The maximum atomic E-state index is 12.9. The molecule has 0 saturated carbocycles. The molecule has 0 atom stereocenters. The van der Waals surface area contributed by atoms with E-state index in [1.54, 1.807) is 0 Å².